The van der Waals surface area contributed by atoms with Crippen LogP contribution in [0.3, 0.4) is 0 Å². The Bertz CT molecular complexity index is 867. The highest BCUT2D eigenvalue weighted by molar-refractivity contribution is 14.0. The van der Waals surface area contributed by atoms with Crippen LogP contribution in [0.2, 0.25) is 0 Å². The number of hydrogen-bond donors (Lipinski definition) is 2. The standard InChI is InChI=1S/C23H29N5O.HI/c1-24-23(25-18-19-8-10-20(11-9-19)26-12-4-5-13-26)28-16-14-27(15-17-28)21-6-2-3-7-22(21)29;/h2-11,29H,12-18H2,1H3,(H,24,25);1H. The molecule has 0 spiro atoms. The monoisotopic (exact) mass is 519 g/mol. The molecule has 2 heterocycles. The van der Waals surface area contributed by atoms with E-state index in [1.54, 1.807) is 6.07 Å². The largest absolute Gasteiger partial charge is 0.506 e. The van der Waals surface area contributed by atoms with Gasteiger partial charge in [0.1, 0.15) is 5.75 Å². The number of phenolic OH excluding ortho intramolecular Hbond substituents is 1. The number of rotatable bonds is 4. The summed E-state index contributed by atoms with van der Waals surface area (Å²) in [6, 6.07) is 16.3. The molecule has 2 aliphatic heterocycles. The second-order valence-corrected chi connectivity index (χ2v) is 7.41. The fourth-order valence-electron chi connectivity index (χ4n) is 3.92. The zero-order chi connectivity index (χ0) is 20.1. The number of halogens is 1. The van der Waals surface area contributed by atoms with Crippen LogP contribution in [0, 0.1) is 0 Å². The molecule has 7 heteroatoms. The lowest BCUT2D eigenvalue weighted by Crippen LogP contribution is -2.52. The average molecular weight is 519 g/mol. The van der Waals surface area contributed by atoms with Gasteiger partial charge in [-0.3, -0.25) is 4.99 Å². The van der Waals surface area contributed by atoms with Crippen molar-refractivity contribution in [1.29, 1.82) is 0 Å². The van der Waals surface area contributed by atoms with Crippen LogP contribution in [0.25, 0.3) is 0 Å². The first kappa shape index (κ1) is 22.3. The van der Waals surface area contributed by atoms with Gasteiger partial charge in [-0.2, -0.15) is 0 Å². The summed E-state index contributed by atoms with van der Waals surface area (Å²) in [5, 5.41) is 13.6. The van der Waals surface area contributed by atoms with Crippen LogP contribution in [-0.2, 0) is 6.54 Å². The molecular weight excluding hydrogens is 489 g/mol. The fraction of sp³-hybridized carbons (Fsp3) is 0.348. The molecule has 30 heavy (non-hydrogen) atoms. The van der Waals surface area contributed by atoms with Crippen LogP contribution in [0.4, 0.5) is 11.4 Å². The van der Waals surface area contributed by atoms with Crippen molar-refractivity contribution in [1.82, 2.24) is 10.2 Å². The van der Waals surface area contributed by atoms with Crippen molar-refractivity contribution in [3.05, 3.63) is 66.2 Å². The molecule has 1 saturated heterocycles. The van der Waals surface area contributed by atoms with Crippen molar-refractivity contribution < 1.29 is 5.11 Å². The maximum Gasteiger partial charge on any atom is 0.194 e. The van der Waals surface area contributed by atoms with E-state index in [4.69, 9.17) is 0 Å². The molecule has 0 atom stereocenters. The maximum absolute atomic E-state index is 10.1. The number of nitrogens with one attached hydrogen (secondary N) is 1. The van der Waals surface area contributed by atoms with E-state index in [9.17, 15) is 5.11 Å². The Kier molecular flexibility index (Phi) is 7.84. The highest BCUT2D eigenvalue weighted by atomic mass is 127. The lowest BCUT2D eigenvalue weighted by atomic mass is 10.2. The summed E-state index contributed by atoms with van der Waals surface area (Å²) >= 11 is 0. The Morgan fingerprint density at radius 3 is 2.23 bits per heavy atom. The fourth-order valence-corrected chi connectivity index (χ4v) is 3.92. The molecule has 0 bridgehead atoms. The van der Waals surface area contributed by atoms with Gasteiger partial charge >= 0.3 is 0 Å². The first-order chi connectivity index (χ1) is 14.2. The number of aliphatic imine (C=N–C) groups is 1. The Hall–Kier alpha value is -2.42. The molecule has 0 saturated carbocycles. The highest BCUT2D eigenvalue weighted by Gasteiger charge is 2.21. The summed E-state index contributed by atoms with van der Waals surface area (Å²) in [6.07, 6.45) is 4.41. The minimum absolute atomic E-state index is 0. The maximum atomic E-state index is 10.1. The molecule has 0 aromatic heterocycles. The van der Waals surface area contributed by atoms with Crippen LogP contribution in [0.5, 0.6) is 5.75 Å². The number of guanidine groups is 1. The number of aromatic hydroxyl groups is 1. The van der Waals surface area contributed by atoms with Crippen molar-refractivity contribution in [2.75, 3.05) is 56.1 Å². The summed E-state index contributed by atoms with van der Waals surface area (Å²) < 4.78 is 0. The van der Waals surface area contributed by atoms with Gasteiger partial charge in [0.2, 0.25) is 0 Å². The summed E-state index contributed by atoms with van der Waals surface area (Å²) in [7, 11) is 1.83. The SMILES string of the molecule is CN=C(NCc1ccc(N2CC=CC2)cc1)N1CCN(c2ccccc2O)CC1.I. The molecule has 2 aromatic rings. The smallest absolute Gasteiger partial charge is 0.194 e. The molecule has 6 nitrogen and oxygen atoms in total. The predicted molar refractivity (Wildman–Crippen MR) is 135 cm³/mol. The van der Waals surface area contributed by atoms with Crippen molar-refractivity contribution in [3.63, 3.8) is 0 Å². The normalized spacial score (nSPS) is 16.6. The van der Waals surface area contributed by atoms with Gasteiger partial charge in [0.15, 0.2) is 5.96 Å². The Labute approximate surface area is 195 Å². The quantitative estimate of drug-likeness (QED) is 0.281. The zero-order valence-electron chi connectivity index (χ0n) is 17.4. The van der Waals surface area contributed by atoms with E-state index in [0.29, 0.717) is 5.75 Å². The van der Waals surface area contributed by atoms with E-state index < -0.39 is 0 Å². The van der Waals surface area contributed by atoms with Gasteiger partial charge in [-0.25, -0.2) is 0 Å². The van der Waals surface area contributed by atoms with Gasteiger partial charge in [-0.05, 0) is 29.8 Å². The second-order valence-electron chi connectivity index (χ2n) is 7.41. The Balaban J connectivity index is 0.00000256. The lowest BCUT2D eigenvalue weighted by Gasteiger charge is -2.37. The molecule has 4 rings (SSSR count). The van der Waals surface area contributed by atoms with Crippen molar-refractivity contribution in [2.45, 2.75) is 6.54 Å². The van der Waals surface area contributed by atoms with Crippen molar-refractivity contribution >= 4 is 41.3 Å². The van der Waals surface area contributed by atoms with Gasteiger partial charge < -0.3 is 25.1 Å². The van der Waals surface area contributed by atoms with Crippen LogP contribution < -0.4 is 15.1 Å². The molecule has 0 radical (unpaired) electrons. The van der Waals surface area contributed by atoms with E-state index in [2.05, 4.69) is 61.4 Å². The van der Waals surface area contributed by atoms with E-state index in [-0.39, 0.29) is 24.0 Å². The third kappa shape index (κ3) is 5.19. The van der Waals surface area contributed by atoms with Crippen LogP contribution in [0.15, 0.2) is 65.7 Å². The Morgan fingerprint density at radius 2 is 1.60 bits per heavy atom. The van der Waals surface area contributed by atoms with E-state index >= 15 is 0 Å². The minimum atomic E-state index is 0. The molecule has 2 aliphatic rings. The van der Waals surface area contributed by atoms with Crippen LogP contribution in [-0.4, -0.2) is 62.3 Å². The lowest BCUT2D eigenvalue weighted by molar-refractivity contribution is 0.369. The van der Waals surface area contributed by atoms with Gasteiger partial charge in [0.05, 0.1) is 5.69 Å². The summed E-state index contributed by atoms with van der Waals surface area (Å²) in [6.45, 7) is 6.20. The molecular formula is C23H30IN5O. The van der Waals surface area contributed by atoms with Gasteiger partial charge in [0, 0.05) is 58.5 Å². The van der Waals surface area contributed by atoms with Gasteiger partial charge in [-0.15, -0.1) is 24.0 Å². The van der Waals surface area contributed by atoms with Crippen LogP contribution >= 0.6 is 24.0 Å². The highest BCUT2D eigenvalue weighted by Crippen LogP contribution is 2.27. The van der Waals surface area contributed by atoms with Crippen molar-refractivity contribution in [3.8, 4) is 5.75 Å². The number of hydrogen-bond acceptors (Lipinski definition) is 4. The number of anilines is 2. The van der Waals surface area contributed by atoms with E-state index in [1.807, 2.05) is 25.2 Å². The summed E-state index contributed by atoms with van der Waals surface area (Å²) in [4.78, 5) is 11.3. The molecule has 160 valence electrons. The summed E-state index contributed by atoms with van der Waals surface area (Å²) in [5.41, 5.74) is 3.42. The summed E-state index contributed by atoms with van der Waals surface area (Å²) in [5.74, 6) is 1.27. The number of nitrogens with zero attached hydrogens (tertiary/aromatic N) is 4. The van der Waals surface area contributed by atoms with Gasteiger partial charge in [0.25, 0.3) is 0 Å². The number of piperazine rings is 1. The second kappa shape index (κ2) is 10.6. The van der Waals surface area contributed by atoms with E-state index in [0.717, 1.165) is 57.5 Å². The first-order valence-corrected chi connectivity index (χ1v) is 10.2. The molecule has 1 fully saturated rings. The Morgan fingerprint density at radius 1 is 0.933 bits per heavy atom. The van der Waals surface area contributed by atoms with Gasteiger partial charge in [-0.1, -0.05) is 36.4 Å². The van der Waals surface area contributed by atoms with Crippen LogP contribution in [0.1, 0.15) is 5.56 Å². The molecule has 0 aliphatic carbocycles. The third-order valence-electron chi connectivity index (χ3n) is 5.58. The average Bonchev–Trinajstić information content (AvgIpc) is 3.30. The zero-order valence-corrected chi connectivity index (χ0v) is 19.7. The van der Waals surface area contributed by atoms with Crippen molar-refractivity contribution in [2.24, 2.45) is 4.99 Å². The number of para-hydroxylation sites is 2. The number of benzene rings is 2. The minimum Gasteiger partial charge on any atom is -0.506 e. The first-order valence-electron chi connectivity index (χ1n) is 10.2. The molecule has 2 N–H and O–H groups in total. The molecule has 2 aromatic carbocycles. The predicted octanol–water partition coefficient (Wildman–Crippen LogP) is 3.28. The third-order valence-corrected chi connectivity index (χ3v) is 5.58. The molecule has 0 amide bonds. The molecule has 0 unspecified atom stereocenters. The number of phenols is 1. The topological polar surface area (TPSA) is 54.3 Å². The van der Waals surface area contributed by atoms with E-state index in [1.165, 1.54) is 11.3 Å².